The summed E-state index contributed by atoms with van der Waals surface area (Å²) in [4.78, 5) is 32.0. The van der Waals surface area contributed by atoms with Gasteiger partial charge in [-0.15, -0.1) is 11.3 Å². The number of rotatable bonds is 4. The summed E-state index contributed by atoms with van der Waals surface area (Å²) in [5, 5.41) is 4.76. The number of amides is 2. The van der Waals surface area contributed by atoms with Crippen LogP contribution in [0, 0.1) is 13.8 Å². The highest BCUT2D eigenvalue weighted by atomic mass is 32.1. The molecule has 1 aromatic carbocycles. The molecule has 27 heavy (non-hydrogen) atoms. The molecule has 2 aromatic rings. The van der Waals surface area contributed by atoms with Gasteiger partial charge in [0.25, 0.3) is 0 Å². The number of carbonyl (C=O) groups excluding carboxylic acids is 2. The van der Waals surface area contributed by atoms with Crippen molar-refractivity contribution in [1.29, 1.82) is 0 Å². The summed E-state index contributed by atoms with van der Waals surface area (Å²) in [6, 6.07) is 7.96. The summed E-state index contributed by atoms with van der Waals surface area (Å²) < 4.78 is 0. The van der Waals surface area contributed by atoms with Gasteiger partial charge in [0.15, 0.2) is 0 Å². The number of hydrogen-bond acceptors (Lipinski definition) is 5. The van der Waals surface area contributed by atoms with Gasteiger partial charge in [-0.05, 0) is 25.8 Å². The van der Waals surface area contributed by atoms with E-state index in [-0.39, 0.29) is 11.8 Å². The summed E-state index contributed by atoms with van der Waals surface area (Å²) in [6.45, 7) is 6.34. The van der Waals surface area contributed by atoms with Crippen LogP contribution in [0.2, 0.25) is 0 Å². The summed E-state index contributed by atoms with van der Waals surface area (Å²) in [5.74, 6) is -0.114. The molecule has 0 saturated carbocycles. The van der Waals surface area contributed by atoms with Crippen LogP contribution in [0.25, 0.3) is 0 Å². The van der Waals surface area contributed by atoms with Gasteiger partial charge in [-0.2, -0.15) is 0 Å². The molecule has 3 heterocycles. The van der Waals surface area contributed by atoms with Crippen LogP contribution in [0.4, 0.5) is 0 Å². The van der Waals surface area contributed by atoms with Crippen molar-refractivity contribution in [2.45, 2.75) is 45.2 Å². The average Bonchev–Trinajstić information content (AvgIpc) is 3.28. The van der Waals surface area contributed by atoms with Crippen molar-refractivity contribution in [3.8, 4) is 0 Å². The maximum Gasteiger partial charge on any atom is 0.245 e. The maximum atomic E-state index is 13.0. The third-order valence-electron chi connectivity index (χ3n) is 5.35. The van der Waals surface area contributed by atoms with Gasteiger partial charge in [0.1, 0.15) is 0 Å². The highest BCUT2D eigenvalue weighted by Crippen LogP contribution is 2.35. The Hall–Kier alpha value is -2.25. The Kier molecular flexibility index (Phi) is 4.74. The SMILES string of the molecule is Cc1cccc(CC(=O)N2NC(=O)CC23CCN(Cc2csc(C)n2)C3)c1. The van der Waals surface area contributed by atoms with Gasteiger partial charge < -0.3 is 0 Å². The fraction of sp³-hybridized carbons (Fsp3) is 0.450. The van der Waals surface area contributed by atoms with E-state index < -0.39 is 5.54 Å². The number of carbonyl (C=O) groups is 2. The lowest BCUT2D eigenvalue weighted by Crippen LogP contribution is -2.53. The number of nitrogens with zero attached hydrogens (tertiary/aromatic N) is 3. The highest BCUT2D eigenvalue weighted by molar-refractivity contribution is 7.09. The van der Waals surface area contributed by atoms with Gasteiger partial charge in [0.05, 0.1) is 29.1 Å². The quantitative estimate of drug-likeness (QED) is 0.878. The molecule has 1 unspecified atom stereocenters. The Morgan fingerprint density at radius 2 is 2.22 bits per heavy atom. The number of aromatic nitrogens is 1. The topological polar surface area (TPSA) is 65.5 Å². The molecule has 2 amide bonds. The lowest BCUT2D eigenvalue weighted by atomic mass is 9.94. The van der Waals surface area contributed by atoms with Crippen LogP contribution in [-0.2, 0) is 22.6 Å². The first-order valence-electron chi connectivity index (χ1n) is 9.25. The van der Waals surface area contributed by atoms with E-state index in [0.29, 0.717) is 19.4 Å². The smallest absolute Gasteiger partial charge is 0.245 e. The van der Waals surface area contributed by atoms with E-state index in [1.807, 2.05) is 38.1 Å². The lowest BCUT2D eigenvalue weighted by Gasteiger charge is -2.33. The molecule has 1 aromatic heterocycles. The Labute approximate surface area is 163 Å². The minimum absolute atomic E-state index is 0.0437. The molecule has 1 N–H and O–H groups in total. The predicted octanol–water partition coefficient (Wildman–Crippen LogP) is 2.21. The second-order valence-electron chi connectivity index (χ2n) is 7.65. The van der Waals surface area contributed by atoms with E-state index in [2.05, 4.69) is 20.7 Å². The second kappa shape index (κ2) is 7.05. The normalized spacial score (nSPS) is 22.6. The fourth-order valence-corrected chi connectivity index (χ4v) is 4.78. The van der Waals surface area contributed by atoms with Gasteiger partial charge in [-0.25, -0.2) is 9.99 Å². The van der Waals surface area contributed by atoms with Crippen molar-refractivity contribution >= 4 is 23.2 Å². The minimum atomic E-state index is -0.441. The number of likely N-dealkylation sites (tertiary alicyclic amines) is 1. The van der Waals surface area contributed by atoms with Crippen LogP contribution < -0.4 is 5.43 Å². The van der Waals surface area contributed by atoms with Gasteiger partial charge in [0, 0.05) is 25.0 Å². The standard InChI is InChI=1S/C20H24N4O2S/c1-14-4-3-5-16(8-14)9-19(26)24-20(10-18(25)22-24)6-7-23(13-20)11-17-12-27-15(2)21-17/h3-5,8,12H,6-7,9-11,13H2,1-2H3,(H,22,25). The van der Waals surface area contributed by atoms with Gasteiger partial charge in [-0.1, -0.05) is 29.8 Å². The van der Waals surface area contributed by atoms with Crippen molar-refractivity contribution in [3.05, 3.63) is 51.5 Å². The van der Waals surface area contributed by atoms with Crippen molar-refractivity contribution in [3.63, 3.8) is 0 Å². The zero-order chi connectivity index (χ0) is 19.0. The molecule has 2 aliphatic rings. The zero-order valence-corrected chi connectivity index (χ0v) is 16.5. The van der Waals surface area contributed by atoms with Crippen molar-refractivity contribution in [2.75, 3.05) is 13.1 Å². The van der Waals surface area contributed by atoms with E-state index in [4.69, 9.17) is 0 Å². The van der Waals surface area contributed by atoms with Crippen LogP contribution >= 0.6 is 11.3 Å². The molecule has 0 aliphatic carbocycles. The molecule has 0 radical (unpaired) electrons. The van der Waals surface area contributed by atoms with Crippen LogP contribution in [0.15, 0.2) is 29.6 Å². The van der Waals surface area contributed by atoms with E-state index in [1.165, 1.54) is 0 Å². The van der Waals surface area contributed by atoms with Crippen LogP contribution in [0.5, 0.6) is 0 Å². The van der Waals surface area contributed by atoms with Crippen LogP contribution in [0.1, 0.15) is 34.7 Å². The molecule has 2 aliphatic heterocycles. The predicted molar refractivity (Wildman–Crippen MR) is 104 cm³/mol. The summed E-state index contributed by atoms with van der Waals surface area (Å²) in [5.41, 5.74) is 5.54. The first-order valence-corrected chi connectivity index (χ1v) is 10.1. The summed E-state index contributed by atoms with van der Waals surface area (Å²) >= 11 is 1.65. The van der Waals surface area contributed by atoms with Gasteiger partial charge >= 0.3 is 0 Å². The second-order valence-corrected chi connectivity index (χ2v) is 8.71. The monoisotopic (exact) mass is 384 g/mol. The molecule has 2 saturated heterocycles. The number of hydrogen-bond donors (Lipinski definition) is 1. The zero-order valence-electron chi connectivity index (χ0n) is 15.7. The molecular weight excluding hydrogens is 360 g/mol. The van der Waals surface area contributed by atoms with Gasteiger partial charge in [0.2, 0.25) is 11.8 Å². The Bertz CT molecular complexity index is 880. The maximum absolute atomic E-state index is 13.0. The number of hydrazine groups is 1. The van der Waals surface area contributed by atoms with Crippen molar-refractivity contribution in [1.82, 2.24) is 20.3 Å². The Morgan fingerprint density at radius 1 is 1.37 bits per heavy atom. The van der Waals surface area contributed by atoms with Gasteiger partial charge in [-0.3, -0.25) is 19.9 Å². The molecule has 7 heteroatoms. The number of benzene rings is 1. The minimum Gasteiger partial charge on any atom is -0.295 e. The Morgan fingerprint density at radius 3 is 2.96 bits per heavy atom. The molecule has 2 fully saturated rings. The third-order valence-corrected chi connectivity index (χ3v) is 6.17. The molecule has 4 rings (SSSR count). The Balaban J connectivity index is 1.47. The number of aryl methyl sites for hydroxylation is 2. The van der Waals surface area contributed by atoms with Crippen LogP contribution in [-0.4, -0.2) is 45.3 Å². The first kappa shape index (κ1) is 18.1. The summed E-state index contributed by atoms with van der Waals surface area (Å²) in [6.07, 6.45) is 1.47. The van der Waals surface area contributed by atoms with E-state index >= 15 is 0 Å². The van der Waals surface area contributed by atoms with Crippen molar-refractivity contribution in [2.24, 2.45) is 0 Å². The fourth-order valence-electron chi connectivity index (χ4n) is 4.18. The number of nitrogens with one attached hydrogen (secondary N) is 1. The first-order chi connectivity index (χ1) is 12.9. The summed E-state index contributed by atoms with van der Waals surface area (Å²) in [7, 11) is 0. The number of thiazole rings is 1. The molecular formula is C20H24N4O2S. The third kappa shape index (κ3) is 3.75. The van der Waals surface area contributed by atoms with E-state index in [1.54, 1.807) is 16.3 Å². The lowest BCUT2D eigenvalue weighted by molar-refractivity contribution is -0.140. The molecule has 1 spiro atoms. The van der Waals surface area contributed by atoms with E-state index in [9.17, 15) is 9.59 Å². The molecule has 1 atom stereocenters. The molecule has 142 valence electrons. The molecule has 0 bridgehead atoms. The molecule has 6 nitrogen and oxygen atoms in total. The van der Waals surface area contributed by atoms with Crippen molar-refractivity contribution < 1.29 is 9.59 Å². The largest absolute Gasteiger partial charge is 0.295 e. The average molecular weight is 385 g/mol. The van der Waals surface area contributed by atoms with Crippen LogP contribution in [0.3, 0.4) is 0 Å². The highest BCUT2D eigenvalue weighted by Gasteiger charge is 2.51. The van der Waals surface area contributed by atoms with E-state index in [0.717, 1.165) is 41.3 Å².